The van der Waals surface area contributed by atoms with E-state index in [1.165, 1.54) is 0 Å². The molecule has 0 saturated carbocycles. The fraction of sp³-hybridized carbons (Fsp3) is 0.333. The van der Waals surface area contributed by atoms with Crippen molar-refractivity contribution in [1.82, 2.24) is 15.2 Å². The fourth-order valence-electron chi connectivity index (χ4n) is 3.57. The van der Waals surface area contributed by atoms with Crippen LogP contribution in [0, 0.1) is 0 Å². The molecule has 8 heteroatoms. The van der Waals surface area contributed by atoms with Gasteiger partial charge in [-0.15, -0.1) is 0 Å². The number of aromatic nitrogens is 3. The molecule has 26 heavy (non-hydrogen) atoms. The van der Waals surface area contributed by atoms with E-state index in [-0.39, 0.29) is 12.9 Å². The van der Waals surface area contributed by atoms with Gasteiger partial charge in [-0.3, -0.25) is 5.10 Å². The first-order valence-corrected chi connectivity index (χ1v) is 8.62. The lowest BCUT2D eigenvalue weighted by Gasteiger charge is -2.35. The number of fused-ring (bicyclic) bond motifs is 2. The Bertz CT molecular complexity index is 957. The number of anilines is 1. The lowest BCUT2D eigenvalue weighted by atomic mass is 10.0. The molecule has 2 aliphatic rings. The predicted octanol–water partition coefficient (Wildman–Crippen LogP) is 1.52. The minimum Gasteiger partial charge on any atom is -0.454 e. The van der Waals surface area contributed by atoms with Crippen molar-refractivity contribution < 1.29 is 14.2 Å². The molecule has 8 nitrogen and oxygen atoms in total. The van der Waals surface area contributed by atoms with Crippen LogP contribution in [0.3, 0.4) is 0 Å². The summed E-state index contributed by atoms with van der Waals surface area (Å²) in [5, 5.41) is 8.11. The quantitative estimate of drug-likeness (QED) is 0.736. The van der Waals surface area contributed by atoms with Crippen LogP contribution in [0.25, 0.3) is 22.2 Å². The van der Waals surface area contributed by atoms with Gasteiger partial charge in [0, 0.05) is 31.4 Å². The molecule has 1 unspecified atom stereocenters. The second kappa shape index (κ2) is 6.15. The van der Waals surface area contributed by atoms with Gasteiger partial charge in [-0.25, -0.2) is 4.98 Å². The number of nitrogens with one attached hydrogen (secondary N) is 1. The van der Waals surface area contributed by atoms with E-state index in [0.717, 1.165) is 52.4 Å². The van der Waals surface area contributed by atoms with Gasteiger partial charge in [-0.1, -0.05) is 6.07 Å². The van der Waals surface area contributed by atoms with E-state index in [1.807, 2.05) is 30.6 Å². The Hall–Kier alpha value is -2.84. The molecular weight excluding hydrogens is 334 g/mol. The number of hydrogen-bond donors (Lipinski definition) is 2. The van der Waals surface area contributed by atoms with Gasteiger partial charge in [-0.2, -0.15) is 5.10 Å². The molecule has 2 aromatic heterocycles. The first-order chi connectivity index (χ1) is 12.8. The van der Waals surface area contributed by atoms with Gasteiger partial charge in [0.25, 0.3) is 0 Å². The molecule has 3 N–H and O–H groups in total. The highest BCUT2D eigenvalue weighted by Gasteiger charge is 2.25. The summed E-state index contributed by atoms with van der Waals surface area (Å²) in [6.07, 6.45) is 3.71. The van der Waals surface area contributed by atoms with Crippen molar-refractivity contribution in [2.24, 2.45) is 5.73 Å². The van der Waals surface area contributed by atoms with Crippen molar-refractivity contribution in [3.05, 3.63) is 30.6 Å². The molecule has 1 saturated heterocycles. The number of aromatic amines is 1. The topological polar surface area (TPSA) is 98.5 Å². The van der Waals surface area contributed by atoms with Crippen molar-refractivity contribution in [3.8, 4) is 22.6 Å². The molecule has 2 aliphatic heterocycles. The van der Waals surface area contributed by atoms with Crippen molar-refractivity contribution in [1.29, 1.82) is 0 Å². The number of benzene rings is 1. The Kier molecular flexibility index (Phi) is 3.65. The fourth-order valence-corrected chi connectivity index (χ4v) is 3.57. The van der Waals surface area contributed by atoms with Gasteiger partial charge in [0.05, 0.1) is 30.0 Å². The molecule has 5 rings (SSSR count). The molecule has 1 atom stereocenters. The normalized spacial score (nSPS) is 19.3. The zero-order valence-electron chi connectivity index (χ0n) is 14.1. The Morgan fingerprint density at radius 3 is 3.08 bits per heavy atom. The summed E-state index contributed by atoms with van der Waals surface area (Å²) < 4.78 is 16.7. The number of morpholine rings is 1. The molecule has 134 valence electrons. The number of pyridine rings is 1. The molecule has 1 aromatic carbocycles. The maximum atomic E-state index is 5.83. The Balaban J connectivity index is 1.65. The van der Waals surface area contributed by atoms with E-state index in [9.17, 15) is 0 Å². The SMILES string of the molecule is NCC1CN(c2c(-c3ccc4c(c3)OCO4)cnc3[nH]ncc23)CCO1. The third-order valence-corrected chi connectivity index (χ3v) is 4.85. The number of hydrogen-bond acceptors (Lipinski definition) is 7. The third kappa shape index (κ3) is 2.46. The number of H-pyrrole nitrogens is 1. The van der Waals surface area contributed by atoms with Gasteiger partial charge < -0.3 is 24.8 Å². The first-order valence-electron chi connectivity index (χ1n) is 8.62. The van der Waals surface area contributed by atoms with Crippen LogP contribution in [-0.4, -0.2) is 54.3 Å². The zero-order chi connectivity index (χ0) is 17.5. The second-order valence-electron chi connectivity index (χ2n) is 6.40. The number of rotatable bonds is 3. The minimum atomic E-state index is 0.0171. The molecule has 0 aliphatic carbocycles. The van der Waals surface area contributed by atoms with Crippen LogP contribution in [-0.2, 0) is 4.74 Å². The molecule has 3 aromatic rings. The van der Waals surface area contributed by atoms with E-state index < -0.39 is 0 Å². The zero-order valence-corrected chi connectivity index (χ0v) is 14.1. The average Bonchev–Trinajstić information content (AvgIpc) is 3.35. The molecule has 0 bridgehead atoms. The average molecular weight is 353 g/mol. The highest BCUT2D eigenvalue weighted by Crippen LogP contribution is 2.41. The molecule has 0 amide bonds. The summed E-state index contributed by atoms with van der Waals surface area (Å²) in [5.41, 5.74) is 9.73. The molecule has 0 radical (unpaired) electrons. The number of ether oxygens (including phenoxy) is 3. The second-order valence-corrected chi connectivity index (χ2v) is 6.40. The molecule has 0 spiro atoms. The van der Waals surface area contributed by atoms with Gasteiger partial charge in [0.15, 0.2) is 17.1 Å². The molecule has 1 fully saturated rings. The summed E-state index contributed by atoms with van der Waals surface area (Å²) in [7, 11) is 0. The first kappa shape index (κ1) is 15.4. The summed E-state index contributed by atoms with van der Waals surface area (Å²) in [5.74, 6) is 1.52. The van der Waals surface area contributed by atoms with Gasteiger partial charge >= 0.3 is 0 Å². The van der Waals surface area contributed by atoms with Crippen LogP contribution >= 0.6 is 0 Å². The van der Waals surface area contributed by atoms with E-state index in [1.54, 1.807) is 0 Å². The lowest BCUT2D eigenvalue weighted by molar-refractivity contribution is 0.0467. The highest BCUT2D eigenvalue weighted by molar-refractivity contribution is 5.98. The Morgan fingerprint density at radius 1 is 1.23 bits per heavy atom. The third-order valence-electron chi connectivity index (χ3n) is 4.85. The largest absolute Gasteiger partial charge is 0.454 e. The van der Waals surface area contributed by atoms with Crippen LogP contribution in [0.1, 0.15) is 0 Å². The maximum absolute atomic E-state index is 5.83. The van der Waals surface area contributed by atoms with Crippen molar-refractivity contribution in [2.45, 2.75) is 6.10 Å². The van der Waals surface area contributed by atoms with Gasteiger partial charge in [0.2, 0.25) is 6.79 Å². The molecule has 4 heterocycles. The van der Waals surface area contributed by atoms with Crippen molar-refractivity contribution in [2.75, 3.05) is 37.9 Å². The Morgan fingerprint density at radius 2 is 2.15 bits per heavy atom. The summed E-state index contributed by atoms with van der Waals surface area (Å²) >= 11 is 0. The van der Waals surface area contributed by atoms with Crippen LogP contribution in [0.5, 0.6) is 11.5 Å². The summed E-state index contributed by atoms with van der Waals surface area (Å²) in [6.45, 7) is 2.92. The maximum Gasteiger partial charge on any atom is 0.231 e. The van der Waals surface area contributed by atoms with E-state index >= 15 is 0 Å². The van der Waals surface area contributed by atoms with Crippen LogP contribution in [0.4, 0.5) is 5.69 Å². The summed E-state index contributed by atoms with van der Waals surface area (Å²) in [4.78, 5) is 6.84. The number of nitrogens with zero attached hydrogens (tertiary/aromatic N) is 3. The van der Waals surface area contributed by atoms with Crippen LogP contribution < -0.4 is 20.1 Å². The lowest BCUT2D eigenvalue weighted by Crippen LogP contribution is -2.46. The monoisotopic (exact) mass is 353 g/mol. The smallest absolute Gasteiger partial charge is 0.231 e. The number of nitrogens with two attached hydrogens (primary N) is 1. The standard InChI is InChI=1S/C18H19N5O3/c19-6-12-9-23(3-4-24-12)17-13(7-20-18-14(17)8-21-22-18)11-1-2-15-16(5-11)26-10-25-15/h1-2,5,7-8,12H,3-4,6,9-10,19H2,(H,20,21,22). The van der Waals surface area contributed by atoms with E-state index in [0.29, 0.717) is 13.2 Å². The van der Waals surface area contributed by atoms with Gasteiger partial charge in [0.1, 0.15) is 0 Å². The van der Waals surface area contributed by atoms with E-state index in [4.69, 9.17) is 19.9 Å². The van der Waals surface area contributed by atoms with Crippen molar-refractivity contribution >= 4 is 16.7 Å². The minimum absolute atomic E-state index is 0.0171. The van der Waals surface area contributed by atoms with Crippen LogP contribution in [0.2, 0.25) is 0 Å². The summed E-state index contributed by atoms with van der Waals surface area (Å²) in [6, 6.07) is 5.96. The van der Waals surface area contributed by atoms with Crippen molar-refractivity contribution in [3.63, 3.8) is 0 Å². The van der Waals surface area contributed by atoms with Gasteiger partial charge in [-0.05, 0) is 17.7 Å². The molecular formula is C18H19N5O3. The van der Waals surface area contributed by atoms with Crippen LogP contribution in [0.15, 0.2) is 30.6 Å². The predicted molar refractivity (Wildman–Crippen MR) is 96.5 cm³/mol. The Labute approximate surface area is 149 Å². The van der Waals surface area contributed by atoms with E-state index in [2.05, 4.69) is 20.1 Å². The highest BCUT2D eigenvalue weighted by atomic mass is 16.7.